The van der Waals surface area contributed by atoms with E-state index in [-0.39, 0.29) is 30.9 Å². The van der Waals surface area contributed by atoms with Crippen LogP contribution < -0.4 is 16.6 Å². The number of rotatable bonds is 5. The zero-order chi connectivity index (χ0) is 20.9. The number of aromatic hydroxyl groups is 1. The van der Waals surface area contributed by atoms with Crippen LogP contribution in [-0.2, 0) is 13.0 Å². The Morgan fingerprint density at radius 1 is 1.32 bits per heavy atom. The molecule has 10 heteroatoms. The molecule has 1 aliphatic heterocycles. The highest BCUT2D eigenvalue weighted by Gasteiger charge is 2.32. The number of nitrogens with zero attached hydrogens (tertiary/aromatic N) is 1. The monoisotopic (exact) mass is 468 g/mol. The molecule has 3 aromatic rings. The number of aromatic carboxylic acids is 1. The lowest BCUT2D eigenvalue weighted by Gasteiger charge is -2.16. The first-order valence-corrected chi connectivity index (χ1v) is 9.63. The minimum atomic E-state index is -1.45. The van der Waals surface area contributed by atoms with Gasteiger partial charge in [-0.25, -0.2) is 4.79 Å². The van der Waals surface area contributed by atoms with Crippen molar-refractivity contribution >= 4 is 41.7 Å². The van der Waals surface area contributed by atoms with E-state index in [0.717, 1.165) is 23.0 Å². The zero-order valence-corrected chi connectivity index (χ0v) is 18.8. The number of nitrogens with two attached hydrogens (primary N) is 1. The Balaban J connectivity index is 0.00000171. The number of halogens is 2. The van der Waals surface area contributed by atoms with Crippen LogP contribution in [0.5, 0.6) is 5.75 Å². The van der Waals surface area contributed by atoms with Crippen LogP contribution in [0.1, 0.15) is 34.6 Å². The number of hydrogen-bond donors (Lipinski definition) is 5. The first kappa shape index (κ1) is 24.7. The van der Waals surface area contributed by atoms with E-state index in [4.69, 9.17) is 5.73 Å². The Bertz CT molecular complexity index is 1190. The van der Waals surface area contributed by atoms with Crippen molar-refractivity contribution in [3.63, 3.8) is 0 Å². The molecule has 8 nitrogen and oxygen atoms in total. The van der Waals surface area contributed by atoms with Crippen molar-refractivity contribution in [3.8, 4) is 17.0 Å². The second-order valence-electron chi connectivity index (χ2n) is 7.41. The minimum Gasteiger partial charge on any atom is -0.506 e. The number of aromatic nitrogens is 2. The number of fused-ring (bicyclic) bond motifs is 3. The molecule has 168 valence electrons. The molecule has 6 N–H and O–H groups in total. The maximum Gasteiger partial charge on any atom is 0.345 e. The summed E-state index contributed by atoms with van der Waals surface area (Å²) < 4.78 is 2.26. The van der Waals surface area contributed by atoms with Crippen molar-refractivity contribution in [3.05, 3.63) is 51.4 Å². The highest BCUT2D eigenvalue weighted by Crippen LogP contribution is 2.38. The quantitative estimate of drug-likeness (QED) is 0.390. The molecule has 0 radical (unpaired) electrons. The number of carboxylic acid groups (broad SMARTS) is 1. The summed E-state index contributed by atoms with van der Waals surface area (Å²) in [7, 11) is 1.93. The van der Waals surface area contributed by atoms with Crippen LogP contribution in [0.25, 0.3) is 22.2 Å². The predicted octanol–water partition coefficient (Wildman–Crippen LogP) is 2.66. The number of H-pyrrole nitrogens is 1. The third-order valence-electron chi connectivity index (χ3n) is 5.90. The minimum absolute atomic E-state index is 0. The Labute approximate surface area is 191 Å². The van der Waals surface area contributed by atoms with Crippen molar-refractivity contribution < 1.29 is 15.0 Å². The number of hydrogen-bond acceptors (Lipinski definition) is 5. The number of benzene rings is 1. The summed E-state index contributed by atoms with van der Waals surface area (Å²) in [4.78, 5) is 26.2. The molecule has 31 heavy (non-hydrogen) atoms. The van der Waals surface area contributed by atoms with Crippen LogP contribution in [0.2, 0.25) is 0 Å². The standard InChI is InChI=1S/C21H24N4O4.2ClH/c1-3-13-17(24-20(27)16(19(13)26)21(28)29)10-4-5-14-11(6-10)7-15-18(23-2)12(8-22)9-25(14)15;;/h4-7,12,18,23H,3,8-9,22H2,1-2H3,(H,28,29)(H2,24,26,27);2*1H/t12-,18-;;/m0../s1. The van der Waals surface area contributed by atoms with Gasteiger partial charge in [-0.1, -0.05) is 13.0 Å². The third-order valence-corrected chi connectivity index (χ3v) is 5.90. The molecule has 0 saturated heterocycles. The second kappa shape index (κ2) is 9.32. The van der Waals surface area contributed by atoms with Crippen molar-refractivity contribution in [2.75, 3.05) is 13.6 Å². The van der Waals surface area contributed by atoms with Crippen molar-refractivity contribution in [1.29, 1.82) is 0 Å². The van der Waals surface area contributed by atoms with E-state index in [2.05, 4.69) is 20.9 Å². The fraction of sp³-hybridized carbons (Fsp3) is 0.333. The van der Waals surface area contributed by atoms with Crippen LogP contribution in [0, 0.1) is 5.92 Å². The van der Waals surface area contributed by atoms with Crippen LogP contribution >= 0.6 is 24.8 Å². The van der Waals surface area contributed by atoms with Gasteiger partial charge in [0.05, 0.1) is 11.7 Å². The Morgan fingerprint density at radius 2 is 2.03 bits per heavy atom. The summed E-state index contributed by atoms with van der Waals surface area (Å²) >= 11 is 0. The fourth-order valence-corrected chi connectivity index (χ4v) is 4.50. The van der Waals surface area contributed by atoms with E-state index in [1.807, 2.05) is 25.2 Å². The van der Waals surface area contributed by atoms with E-state index in [1.54, 1.807) is 6.92 Å². The third kappa shape index (κ3) is 3.80. The van der Waals surface area contributed by atoms with E-state index in [0.29, 0.717) is 30.1 Å². The van der Waals surface area contributed by atoms with Gasteiger partial charge in [0, 0.05) is 34.6 Å². The molecule has 0 saturated carbocycles. The molecule has 3 heterocycles. The van der Waals surface area contributed by atoms with E-state index in [9.17, 15) is 19.8 Å². The van der Waals surface area contributed by atoms with Gasteiger partial charge >= 0.3 is 5.97 Å². The lowest BCUT2D eigenvalue weighted by molar-refractivity contribution is 0.0691. The molecular formula is C21H26Cl2N4O4. The molecule has 1 aromatic carbocycles. The number of aromatic amines is 1. The largest absolute Gasteiger partial charge is 0.506 e. The summed E-state index contributed by atoms with van der Waals surface area (Å²) in [5.74, 6) is -1.58. The molecule has 0 unspecified atom stereocenters. The van der Waals surface area contributed by atoms with Crippen LogP contribution in [0.15, 0.2) is 29.1 Å². The van der Waals surface area contributed by atoms with Gasteiger partial charge in [-0.15, -0.1) is 24.8 Å². The van der Waals surface area contributed by atoms with Crippen LogP contribution in [0.4, 0.5) is 0 Å². The summed E-state index contributed by atoms with van der Waals surface area (Å²) in [6.45, 7) is 3.24. The van der Waals surface area contributed by atoms with Gasteiger partial charge in [0.25, 0.3) is 5.56 Å². The van der Waals surface area contributed by atoms with Gasteiger partial charge in [-0.05, 0) is 43.8 Å². The number of carboxylic acids is 1. The van der Waals surface area contributed by atoms with Gasteiger partial charge in [-0.2, -0.15) is 0 Å². The SMILES string of the molecule is CCc1c(-c2ccc3c(c2)cc2n3C[C@H](CN)[C@@H]2NC)[nH]c(=O)c(C(=O)O)c1O.Cl.Cl. The highest BCUT2D eigenvalue weighted by molar-refractivity contribution is 5.93. The summed E-state index contributed by atoms with van der Waals surface area (Å²) in [6, 6.07) is 8.12. The van der Waals surface area contributed by atoms with Crippen molar-refractivity contribution in [1.82, 2.24) is 14.9 Å². The lowest BCUT2D eigenvalue weighted by Crippen LogP contribution is -2.27. The van der Waals surface area contributed by atoms with Gasteiger partial charge in [-0.3, -0.25) is 4.79 Å². The molecule has 0 bridgehead atoms. The first-order chi connectivity index (χ1) is 13.9. The number of pyridine rings is 1. The average Bonchev–Trinajstić information content (AvgIpc) is 3.21. The second-order valence-corrected chi connectivity index (χ2v) is 7.41. The summed E-state index contributed by atoms with van der Waals surface area (Å²) in [6.07, 6.45) is 0.378. The van der Waals surface area contributed by atoms with Gasteiger partial charge in [0.2, 0.25) is 0 Å². The lowest BCUT2D eigenvalue weighted by atomic mass is 9.98. The fourth-order valence-electron chi connectivity index (χ4n) is 4.50. The molecule has 4 rings (SSSR count). The van der Waals surface area contributed by atoms with E-state index >= 15 is 0 Å². The average molecular weight is 469 g/mol. The van der Waals surface area contributed by atoms with E-state index < -0.39 is 22.8 Å². The molecule has 0 aliphatic carbocycles. The predicted molar refractivity (Wildman–Crippen MR) is 125 cm³/mol. The maximum absolute atomic E-state index is 12.3. The van der Waals surface area contributed by atoms with Crippen LogP contribution in [-0.4, -0.2) is 39.3 Å². The molecule has 0 amide bonds. The summed E-state index contributed by atoms with van der Waals surface area (Å²) in [5.41, 5.74) is 8.30. The highest BCUT2D eigenvalue weighted by atomic mass is 35.5. The molecule has 1 aliphatic rings. The van der Waals surface area contributed by atoms with E-state index in [1.165, 1.54) is 5.69 Å². The molecular weight excluding hydrogens is 443 g/mol. The van der Waals surface area contributed by atoms with Gasteiger partial charge < -0.3 is 30.8 Å². The number of nitrogens with one attached hydrogen (secondary N) is 2. The topological polar surface area (TPSA) is 133 Å². The Hall–Kier alpha value is -2.52. The van der Waals surface area contributed by atoms with Crippen LogP contribution in [0.3, 0.4) is 0 Å². The van der Waals surface area contributed by atoms with Crippen molar-refractivity contribution in [2.24, 2.45) is 11.7 Å². The Kier molecular flexibility index (Phi) is 7.44. The summed E-state index contributed by atoms with van der Waals surface area (Å²) in [5, 5.41) is 24.0. The Morgan fingerprint density at radius 3 is 2.61 bits per heavy atom. The molecule has 0 fully saturated rings. The molecule has 2 atom stereocenters. The smallest absolute Gasteiger partial charge is 0.345 e. The maximum atomic E-state index is 12.3. The van der Waals surface area contributed by atoms with Crippen molar-refractivity contribution in [2.45, 2.75) is 25.9 Å². The molecule has 0 spiro atoms. The number of carbonyl (C=O) groups is 1. The molecule has 2 aromatic heterocycles. The van der Waals surface area contributed by atoms with Gasteiger partial charge in [0.15, 0.2) is 5.56 Å². The van der Waals surface area contributed by atoms with Gasteiger partial charge in [0.1, 0.15) is 5.75 Å². The zero-order valence-electron chi connectivity index (χ0n) is 17.1. The first-order valence-electron chi connectivity index (χ1n) is 9.63. The normalized spacial score (nSPS) is 17.1.